The van der Waals surface area contributed by atoms with Crippen LogP contribution in [0.2, 0.25) is 5.02 Å². The van der Waals surface area contributed by atoms with Crippen molar-refractivity contribution in [1.29, 1.82) is 5.26 Å². The van der Waals surface area contributed by atoms with Gasteiger partial charge in [-0.25, -0.2) is 4.98 Å². The second kappa shape index (κ2) is 7.83. The molecule has 0 aliphatic rings. The number of hydrogen-bond donors (Lipinski definition) is 0. The summed E-state index contributed by atoms with van der Waals surface area (Å²) in [6, 6.07) is 21.4. The molecule has 0 unspecified atom stereocenters. The fraction of sp³-hybridized carbons (Fsp3) is 0.0833. The number of ether oxygens (including phenoxy) is 1. The van der Waals surface area contributed by atoms with Gasteiger partial charge in [-0.3, -0.25) is 4.40 Å². The number of halogens is 1. The van der Waals surface area contributed by atoms with Crippen LogP contribution in [0.5, 0.6) is 5.75 Å². The predicted molar refractivity (Wildman–Crippen MR) is 117 cm³/mol. The van der Waals surface area contributed by atoms with E-state index in [9.17, 15) is 5.26 Å². The number of fused-ring (bicyclic) bond motifs is 1. The Morgan fingerprint density at radius 3 is 2.66 bits per heavy atom. The average Bonchev–Trinajstić information content (AvgIpc) is 3.12. The van der Waals surface area contributed by atoms with Gasteiger partial charge in [0.25, 0.3) is 0 Å². The van der Waals surface area contributed by atoms with E-state index in [1.54, 1.807) is 7.11 Å². The molecule has 4 aromatic rings. The second-order valence-electron chi connectivity index (χ2n) is 6.64. The summed E-state index contributed by atoms with van der Waals surface area (Å²) in [5, 5.41) is 10.5. The Morgan fingerprint density at radius 1 is 1.14 bits per heavy atom. The molecular formula is C24H18ClN3O. The van der Waals surface area contributed by atoms with Crippen LogP contribution in [0.25, 0.3) is 28.6 Å². The van der Waals surface area contributed by atoms with Crippen LogP contribution >= 0.6 is 11.6 Å². The van der Waals surface area contributed by atoms with Crippen molar-refractivity contribution in [2.75, 3.05) is 7.11 Å². The number of benzene rings is 2. The molecule has 0 N–H and O–H groups in total. The van der Waals surface area contributed by atoms with Crippen LogP contribution in [0.15, 0.2) is 66.9 Å². The van der Waals surface area contributed by atoms with E-state index in [0.717, 1.165) is 33.7 Å². The molecule has 0 atom stereocenters. The Balaban J connectivity index is 1.97. The average molecular weight is 400 g/mol. The van der Waals surface area contributed by atoms with Crippen LogP contribution in [0, 0.1) is 18.3 Å². The first-order valence-corrected chi connectivity index (χ1v) is 9.48. The SMILES string of the molecule is COc1cccc(C(C#N)=Cc2c(-c3ccc(Cl)cc3)nc3c(C)cccn23)c1. The van der Waals surface area contributed by atoms with E-state index in [2.05, 4.69) is 6.07 Å². The maximum absolute atomic E-state index is 9.86. The fourth-order valence-corrected chi connectivity index (χ4v) is 3.41. The summed E-state index contributed by atoms with van der Waals surface area (Å²) in [4.78, 5) is 4.87. The number of aromatic nitrogens is 2. The first-order valence-electron chi connectivity index (χ1n) is 9.10. The maximum atomic E-state index is 9.86. The smallest absolute Gasteiger partial charge is 0.140 e. The highest BCUT2D eigenvalue weighted by Crippen LogP contribution is 2.30. The zero-order valence-corrected chi connectivity index (χ0v) is 16.8. The Hall–Kier alpha value is -3.55. The van der Waals surface area contributed by atoms with Crippen LogP contribution in [0.4, 0.5) is 0 Å². The van der Waals surface area contributed by atoms with Crippen molar-refractivity contribution in [3.8, 4) is 23.1 Å². The monoisotopic (exact) mass is 399 g/mol. The van der Waals surface area contributed by atoms with Gasteiger partial charge in [-0.2, -0.15) is 5.26 Å². The molecule has 2 aromatic carbocycles. The Morgan fingerprint density at radius 2 is 1.93 bits per heavy atom. The standard InChI is InChI=1S/C24H18ClN3O/c1-16-5-4-12-28-22(14-19(15-26)18-6-3-7-21(13-18)29-2)23(27-24(16)28)17-8-10-20(25)11-9-17/h3-14H,1-2H3. The molecule has 2 heterocycles. The highest BCUT2D eigenvalue weighted by molar-refractivity contribution is 6.30. The van der Waals surface area contributed by atoms with Gasteiger partial charge in [-0.1, -0.05) is 41.9 Å². The van der Waals surface area contributed by atoms with E-state index < -0.39 is 0 Å². The summed E-state index contributed by atoms with van der Waals surface area (Å²) < 4.78 is 7.32. The lowest BCUT2D eigenvalue weighted by atomic mass is 10.0. The number of pyridine rings is 1. The van der Waals surface area contributed by atoms with Crippen molar-refractivity contribution in [1.82, 2.24) is 9.38 Å². The third-order valence-electron chi connectivity index (χ3n) is 4.78. The minimum Gasteiger partial charge on any atom is -0.497 e. The topological polar surface area (TPSA) is 50.3 Å². The molecule has 0 bridgehead atoms. The minimum atomic E-state index is 0.530. The van der Waals surface area contributed by atoms with Gasteiger partial charge in [-0.15, -0.1) is 0 Å². The molecule has 5 heteroatoms. The van der Waals surface area contributed by atoms with Gasteiger partial charge in [0.2, 0.25) is 0 Å². The normalized spacial score (nSPS) is 11.4. The second-order valence-corrected chi connectivity index (χ2v) is 7.08. The van der Waals surface area contributed by atoms with Crippen LogP contribution < -0.4 is 4.74 Å². The Kier molecular flexibility index (Phi) is 5.07. The number of hydrogen-bond acceptors (Lipinski definition) is 3. The zero-order valence-electron chi connectivity index (χ0n) is 16.1. The maximum Gasteiger partial charge on any atom is 0.140 e. The van der Waals surface area contributed by atoms with Gasteiger partial charge in [-0.05, 0) is 54.5 Å². The summed E-state index contributed by atoms with van der Waals surface area (Å²) in [6.07, 6.45) is 3.83. The molecule has 0 fully saturated rings. The van der Waals surface area contributed by atoms with E-state index in [1.807, 2.05) is 84.3 Å². The molecule has 0 radical (unpaired) electrons. The Labute approximate surface area is 174 Å². The van der Waals surface area contributed by atoms with Gasteiger partial charge in [0.15, 0.2) is 0 Å². The van der Waals surface area contributed by atoms with Crippen molar-refractivity contribution < 1.29 is 4.74 Å². The number of nitriles is 1. The van der Waals surface area contributed by atoms with Crippen LogP contribution in [0.1, 0.15) is 16.8 Å². The summed E-state index contributed by atoms with van der Waals surface area (Å²) in [5.41, 5.74) is 5.80. The number of aryl methyl sites for hydroxylation is 1. The molecule has 4 nitrogen and oxygen atoms in total. The molecule has 29 heavy (non-hydrogen) atoms. The molecule has 0 aliphatic carbocycles. The van der Waals surface area contributed by atoms with Gasteiger partial charge >= 0.3 is 0 Å². The third kappa shape index (κ3) is 3.61. The Bertz CT molecular complexity index is 1260. The molecule has 142 valence electrons. The lowest BCUT2D eigenvalue weighted by Gasteiger charge is -2.05. The third-order valence-corrected chi connectivity index (χ3v) is 5.03. The zero-order chi connectivity index (χ0) is 20.4. The summed E-state index contributed by atoms with van der Waals surface area (Å²) >= 11 is 6.07. The number of rotatable bonds is 4. The highest BCUT2D eigenvalue weighted by Gasteiger charge is 2.15. The molecule has 2 aromatic heterocycles. The van der Waals surface area contributed by atoms with Crippen molar-refractivity contribution in [3.05, 3.63) is 88.7 Å². The minimum absolute atomic E-state index is 0.530. The molecule has 4 rings (SSSR count). The van der Waals surface area contributed by atoms with Crippen molar-refractivity contribution >= 4 is 28.9 Å². The van der Waals surface area contributed by atoms with E-state index in [0.29, 0.717) is 16.3 Å². The first-order chi connectivity index (χ1) is 14.1. The fourth-order valence-electron chi connectivity index (χ4n) is 3.29. The molecule has 0 amide bonds. The van der Waals surface area contributed by atoms with Crippen molar-refractivity contribution in [2.45, 2.75) is 6.92 Å². The quantitative estimate of drug-likeness (QED) is 0.393. The van der Waals surface area contributed by atoms with Crippen LogP contribution in [-0.4, -0.2) is 16.5 Å². The number of nitrogens with zero attached hydrogens (tertiary/aromatic N) is 3. The van der Waals surface area contributed by atoms with E-state index >= 15 is 0 Å². The van der Waals surface area contributed by atoms with E-state index in [-0.39, 0.29) is 0 Å². The van der Waals surface area contributed by atoms with Crippen molar-refractivity contribution in [3.63, 3.8) is 0 Å². The van der Waals surface area contributed by atoms with Crippen molar-refractivity contribution in [2.24, 2.45) is 0 Å². The van der Waals surface area contributed by atoms with E-state index in [4.69, 9.17) is 21.3 Å². The number of allylic oxidation sites excluding steroid dienone is 1. The number of imidazole rings is 1. The van der Waals surface area contributed by atoms with Crippen LogP contribution in [-0.2, 0) is 0 Å². The van der Waals surface area contributed by atoms with Gasteiger partial charge in [0.1, 0.15) is 11.4 Å². The molecule has 0 aliphatic heterocycles. The summed E-state index contributed by atoms with van der Waals surface area (Å²) in [5.74, 6) is 0.704. The predicted octanol–water partition coefficient (Wildman–Crippen LogP) is 6.04. The van der Waals surface area contributed by atoms with Gasteiger partial charge in [0.05, 0.1) is 30.1 Å². The van der Waals surface area contributed by atoms with Gasteiger partial charge < -0.3 is 4.74 Å². The molecule has 0 spiro atoms. The number of methoxy groups -OCH3 is 1. The van der Waals surface area contributed by atoms with E-state index in [1.165, 1.54) is 0 Å². The lowest BCUT2D eigenvalue weighted by molar-refractivity contribution is 0.414. The summed E-state index contributed by atoms with van der Waals surface area (Å²) in [6.45, 7) is 2.02. The molecule has 0 saturated carbocycles. The first kappa shape index (κ1) is 18.8. The molecule has 0 saturated heterocycles. The summed E-state index contributed by atoms with van der Waals surface area (Å²) in [7, 11) is 1.61. The largest absolute Gasteiger partial charge is 0.497 e. The van der Waals surface area contributed by atoms with Crippen LogP contribution in [0.3, 0.4) is 0 Å². The lowest BCUT2D eigenvalue weighted by Crippen LogP contribution is -1.92. The highest BCUT2D eigenvalue weighted by atomic mass is 35.5. The molecular weight excluding hydrogens is 382 g/mol. The van der Waals surface area contributed by atoms with Gasteiger partial charge in [0, 0.05) is 16.8 Å².